The summed E-state index contributed by atoms with van der Waals surface area (Å²) in [5, 5.41) is -0.260. The van der Waals surface area contributed by atoms with E-state index in [0.29, 0.717) is 24.1 Å². The largest absolute Gasteiger partial charge is 0.375 e. The highest BCUT2D eigenvalue weighted by atomic mass is 35.5. The number of hydrogen-bond acceptors (Lipinski definition) is 5. The molecule has 4 rings (SSSR count). The molecule has 0 radical (unpaired) electrons. The van der Waals surface area contributed by atoms with Crippen molar-refractivity contribution in [3.8, 4) is 11.3 Å². The molecule has 2 aromatic rings. The Hall–Kier alpha value is -2.01. The van der Waals surface area contributed by atoms with Crippen molar-refractivity contribution in [1.82, 2.24) is 19.8 Å². The first-order chi connectivity index (χ1) is 14.2. The van der Waals surface area contributed by atoms with Gasteiger partial charge in [-0.05, 0) is 43.7 Å². The average molecular weight is 457 g/mol. The maximum absolute atomic E-state index is 14.4. The minimum atomic E-state index is -3.79. The van der Waals surface area contributed by atoms with Gasteiger partial charge in [-0.3, -0.25) is 10.2 Å². The minimum Gasteiger partial charge on any atom is -0.375 e. The number of ether oxygens (including phenoxy) is 1. The Morgan fingerprint density at radius 3 is 2.67 bits per heavy atom. The molecule has 1 amide bonds. The third kappa shape index (κ3) is 4.66. The average Bonchev–Trinajstić information content (AvgIpc) is 3.26. The van der Waals surface area contributed by atoms with Crippen molar-refractivity contribution in [1.29, 1.82) is 0 Å². The number of fused-ring (bicyclic) bond motifs is 2. The molecule has 0 saturated carbocycles. The first kappa shape index (κ1) is 21.2. The summed E-state index contributed by atoms with van der Waals surface area (Å²) in [6.45, 7) is 0. The lowest BCUT2D eigenvalue weighted by molar-refractivity contribution is -0.0146. The van der Waals surface area contributed by atoms with Crippen LogP contribution in [0.2, 0.25) is 5.02 Å². The first-order valence-electron chi connectivity index (χ1n) is 9.63. The summed E-state index contributed by atoms with van der Waals surface area (Å²) >= 11 is 5.93. The molecule has 8 nitrogen and oxygen atoms in total. The number of hydrazine groups is 1. The maximum Gasteiger partial charge on any atom is 0.269 e. The number of halogens is 2. The quantitative estimate of drug-likeness (QED) is 0.650. The van der Waals surface area contributed by atoms with Gasteiger partial charge in [0.2, 0.25) is 10.0 Å². The van der Waals surface area contributed by atoms with Crippen LogP contribution in [0.15, 0.2) is 24.7 Å². The molecule has 2 bridgehead atoms. The molecule has 11 heteroatoms. The maximum atomic E-state index is 14.4. The van der Waals surface area contributed by atoms with Crippen molar-refractivity contribution in [3.05, 3.63) is 41.1 Å². The summed E-state index contributed by atoms with van der Waals surface area (Å²) in [4.78, 5) is 18.7. The molecule has 0 aliphatic carbocycles. The topological polar surface area (TPSA) is 102 Å². The fourth-order valence-electron chi connectivity index (χ4n) is 4.11. The number of nitrogens with zero attached hydrogens (tertiary/aromatic N) is 2. The van der Waals surface area contributed by atoms with Crippen LogP contribution in [0.25, 0.3) is 11.3 Å². The predicted molar refractivity (Wildman–Crippen MR) is 109 cm³/mol. The van der Waals surface area contributed by atoms with E-state index in [4.69, 9.17) is 16.3 Å². The normalized spacial score (nSPS) is 23.5. The van der Waals surface area contributed by atoms with Crippen molar-refractivity contribution in [2.24, 2.45) is 13.0 Å². The molecule has 1 aromatic heterocycles. The van der Waals surface area contributed by atoms with Gasteiger partial charge in [0.05, 0.1) is 40.6 Å². The van der Waals surface area contributed by atoms with Gasteiger partial charge in [-0.25, -0.2) is 17.8 Å². The molecule has 2 fully saturated rings. The Morgan fingerprint density at radius 1 is 1.33 bits per heavy atom. The summed E-state index contributed by atoms with van der Waals surface area (Å²) in [5.41, 5.74) is 2.65. The van der Waals surface area contributed by atoms with E-state index >= 15 is 0 Å². The van der Waals surface area contributed by atoms with Crippen LogP contribution in [0, 0.1) is 11.7 Å². The van der Waals surface area contributed by atoms with E-state index in [1.165, 1.54) is 12.1 Å². The second kappa shape index (κ2) is 8.26. The van der Waals surface area contributed by atoms with Gasteiger partial charge in [0.25, 0.3) is 5.91 Å². The Labute approximate surface area is 178 Å². The highest BCUT2D eigenvalue weighted by Crippen LogP contribution is 2.36. The number of aryl methyl sites for hydroxylation is 1. The molecule has 30 heavy (non-hydrogen) atoms. The van der Waals surface area contributed by atoms with E-state index < -0.39 is 21.7 Å². The van der Waals surface area contributed by atoms with Gasteiger partial charge in [-0.1, -0.05) is 11.6 Å². The third-order valence-electron chi connectivity index (χ3n) is 5.44. The van der Waals surface area contributed by atoms with Crippen molar-refractivity contribution < 1.29 is 22.3 Å². The fourth-order valence-corrected chi connectivity index (χ4v) is 5.55. The molecule has 2 aliphatic heterocycles. The van der Waals surface area contributed by atoms with Crippen LogP contribution < -0.4 is 10.3 Å². The Balaban J connectivity index is 1.43. The molecular weight excluding hydrogens is 435 g/mol. The number of nitrogens with one attached hydrogen (secondary N) is 2. The van der Waals surface area contributed by atoms with Crippen LogP contribution in [0.3, 0.4) is 0 Å². The van der Waals surface area contributed by atoms with Crippen LogP contribution in [-0.4, -0.2) is 41.8 Å². The highest BCUT2D eigenvalue weighted by Gasteiger charge is 2.36. The summed E-state index contributed by atoms with van der Waals surface area (Å²) in [6, 6.07) is 2.64. The third-order valence-corrected chi connectivity index (χ3v) is 7.03. The van der Waals surface area contributed by atoms with Crippen molar-refractivity contribution in [2.45, 2.75) is 37.9 Å². The second-order valence-electron chi connectivity index (χ2n) is 7.88. The molecule has 0 spiro atoms. The summed E-state index contributed by atoms with van der Waals surface area (Å²) in [5.74, 6) is -2.04. The number of sulfonamides is 1. The Morgan fingerprint density at radius 2 is 2.03 bits per heavy atom. The van der Waals surface area contributed by atoms with Gasteiger partial charge in [0, 0.05) is 18.8 Å². The molecule has 2 saturated heterocycles. The lowest BCUT2D eigenvalue weighted by Gasteiger charge is -2.28. The second-order valence-corrected chi connectivity index (χ2v) is 10.1. The number of carbonyl (C=O) groups excluding carboxylic acids is 1. The number of hydrogen-bond donors (Lipinski definition) is 2. The highest BCUT2D eigenvalue weighted by molar-refractivity contribution is 7.89. The van der Waals surface area contributed by atoms with Gasteiger partial charge < -0.3 is 9.30 Å². The molecule has 2 N–H and O–H groups in total. The molecule has 162 valence electrons. The molecule has 2 unspecified atom stereocenters. The monoisotopic (exact) mass is 456 g/mol. The minimum absolute atomic E-state index is 0.0377. The van der Waals surface area contributed by atoms with Crippen LogP contribution in [0.4, 0.5) is 4.39 Å². The smallest absolute Gasteiger partial charge is 0.269 e. The number of amides is 1. The van der Waals surface area contributed by atoms with E-state index in [-0.39, 0.29) is 34.5 Å². The summed E-state index contributed by atoms with van der Waals surface area (Å²) in [6.07, 6.45) is 6.76. The van der Waals surface area contributed by atoms with Gasteiger partial charge in [-0.15, -0.1) is 4.83 Å². The van der Waals surface area contributed by atoms with E-state index in [1.54, 1.807) is 24.1 Å². The van der Waals surface area contributed by atoms with Crippen LogP contribution >= 0.6 is 11.6 Å². The molecule has 3 heterocycles. The van der Waals surface area contributed by atoms with Crippen molar-refractivity contribution in [3.63, 3.8) is 0 Å². The van der Waals surface area contributed by atoms with E-state index in [2.05, 4.69) is 15.2 Å². The number of benzene rings is 1. The molecule has 2 aliphatic rings. The SMILES string of the molecule is Cn1cnc(-c2cc(Cl)c(F)c(C(=O)NNS(=O)(=O)CC3CC4CCC(C3)O4)c2)c1. The molecule has 2 atom stereocenters. The number of imidazole rings is 1. The number of carbonyl (C=O) groups is 1. The number of rotatable bonds is 6. The van der Waals surface area contributed by atoms with Gasteiger partial charge in [0.1, 0.15) is 0 Å². The summed E-state index contributed by atoms with van der Waals surface area (Å²) < 4.78 is 46.7. The van der Waals surface area contributed by atoms with Crippen molar-refractivity contribution >= 4 is 27.5 Å². The number of aromatic nitrogens is 2. The zero-order valence-corrected chi connectivity index (χ0v) is 17.8. The Bertz CT molecular complexity index is 1060. The molecular formula is C19H22ClFN4O4S. The zero-order chi connectivity index (χ0) is 21.5. The fraction of sp³-hybridized carbons (Fsp3) is 0.474. The van der Waals surface area contributed by atoms with Crippen LogP contribution in [-0.2, 0) is 21.8 Å². The zero-order valence-electron chi connectivity index (χ0n) is 16.3. The van der Waals surface area contributed by atoms with Gasteiger partial charge in [-0.2, -0.15) is 0 Å². The van der Waals surface area contributed by atoms with Crippen LogP contribution in [0.5, 0.6) is 0 Å². The summed E-state index contributed by atoms with van der Waals surface area (Å²) in [7, 11) is -2.02. The standard InChI is InChI=1S/C19H22ClFN4O4S/c1-25-8-17(22-10-25)12-6-15(18(21)16(20)7-12)19(26)23-24-30(27,28)9-11-4-13-2-3-14(5-11)29-13/h6-8,10-11,13-14,24H,2-5,9H2,1H3,(H,23,26). The van der Waals surface area contributed by atoms with Gasteiger partial charge >= 0.3 is 0 Å². The van der Waals surface area contributed by atoms with E-state index in [9.17, 15) is 17.6 Å². The predicted octanol–water partition coefficient (Wildman–Crippen LogP) is 2.40. The lowest BCUT2D eigenvalue weighted by Crippen LogP contribution is -2.44. The first-order valence-corrected chi connectivity index (χ1v) is 11.7. The lowest BCUT2D eigenvalue weighted by atomic mass is 9.98. The molecule has 1 aromatic carbocycles. The van der Waals surface area contributed by atoms with Gasteiger partial charge in [0.15, 0.2) is 5.82 Å². The van der Waals surface area contributed by atoms with E-state index in [0.717, 1.165) is 12.8 Å². The van der Waals surface area contributed by atoms with Crippen molar-refractivity contribution in [2.75, 3.05) is 5.75 Å². The van der Waals surface area contributed by atoms with Crippen LogP contribution in [0.1, 0.15) is 36.0 Å². The van der Waals surface area contributed by atoms with E-state index in [1.807, 2.05) is 0 Å². The Kier molecular flexibility index (Phi) is 5.84.